The van der Waals surface area contributed by atoms with Gasteiger partial charge in [-0.25, -0.2) is 0 Å². The average Bonchev–Trinajstić information content (AvgIpc) is 2.27. The van der Waals surface area contributed by atoms with Crippen LogP contribution in [-0.2, 0) is 5.41 Å². The lowest BCUT2D eigenvalue weighted by Crippen LogP contribution is -2.26. The Kier molecular flexibility index (Phi) is 7.85. The van der Waals surface area contributed by atoms with Gasteiger partial charge >= 0.3 is 0 Å². The third kappa shape index (κ3) is 5.00. The molecule has 1 spiro atoms. The molecule has 0 unspecified atom stereocenters. The molecule has 2 heteroatoms. The summed E-state index contributed by atoms with van der Waals surface area (Å²) in [4.78, 5) is 0. The van der Waals surface area contributed by atoms with Crippen LogP contribution in [-0.4, -0.2) is 8.80 Å². The molecule has 0 fully saturated rings. The molecule has 0 saturated carbocycles. The van der Waals surface area contributed by atoms with Crippen molar-refractivity contribution in [1.82, 2.24) is 8.80 Å². The van der Waals surface area contributed by atoms with E-state index in [1.807, 2.05) is 0 Å². The number of hydrogen-bond acceptors (Lipinski definition) is 0. The lowest BCUT2D eigenvalue weighted by Gasteiger charge is -2.33. The number of para-hydroxylation sites is 4. The van der Waals surface area contributed by atoms with Crippen molar-refractivity contribution in [2.75, 3.05) is 0 Å². The van der Waals surface area contributed by atoms with Crippen LogP contribution in [0, 0.1) is 0 Å². The zero-order chi connectivity index (χ0) is 52.4. The van der Waals surface area contributed by atoms with Gasteiger partial charge in [0.2, 0.25) is 0 Å². The van der Waals surface area contributed by atoms with Gasteiger partial charge in [0.1, 0.15) is 0 Å². The van der Waals surface area contributed by atoms with Gasteiger partial charge in [0.05, 0.1) is 38.5 Å². The fraction of sp³-hybridized carbons (Fsp3) is 0.0127. The Morgan fingerprint density at radius 3 is 1.21 bits per heavy atom. The van der Waals surface area contributed by atoms with Gasteiger partial charge in [0.15, 0.2) is 0 Å². The molecule has 2 nitrogen and oxygen atoms in total. The minimum atomic E-state index is -0.591. The molecule has 0 aliphatic heterocycles. The highest BCUT2D eigenvalue weighted by Gasteiger charge is 2.53. The summed E-state index contributed by atoms with van der Waals surface area (Å²) < 4.78 is 5.04. The summed E-state index contributed by atoms with van der Waals surface area (Å²) in [5.74, 6) is 0. The van der Waals surface area contributed by atoms with Crippen LogP contribution in [0.1, 0.15) is 22.3 Å². The second kappa shape index (κ2) is 15.0. The topological polar surface area (TPSA) is 8.82 Å². The highest BCUT2D eigenvalue weighted by atomic mass is 14.9. The van der Waals surface area contributed by atoms with Crippen LogP contribution in [0.2, 0.25) is 0 Å². The van der Waals surface area contributed by atoms with E-state index in [1.165, 1.54) is 186 Å². The van der Waals surface area contributed by atoms with Crippen molar-refractivity contribution in [3.63, 3.8) is 0 Å². The van der Waals surface area contributed by atoms with Gasteiger partial charge in [-0.2, -0.15) is 0 Å². The molecule has 14 aromatic carbocycles. The standard InChI is InChI=1S/C79H44N2/c1-2-19-46-45(18-1)42-43-67-73(46)60-33-15-32-59(76(60)79(67)65-36-7-3-20-49(65)50-21-4-8-37-66(50)79)72-55-26-11-24-47(53-28-16-40-70-74(53)61-34-13-30-57-51-22-5-9-38-68(51)80(70)77(57)61)63(55)44-64-48(25-12-27-56(64)72)54-29-17-41-71-75(54)62-35-14-31-58-52-23-6-10-39-69(52)81(71)78(58)62/h1-44H. The summed E-state index contributed by atoms with van der Waals surface area (Å²) in [7, 11) is 0. The van der Waals surface area contributed by atoms with Crippen molar-refractivity contribution >= 4 is 109 Å². The third-order valence-electron chi connectivity index (χ3n) is 19.4. The summed E-state index contributed by atoms with van der Waals surface area (Å²) in [5.41, 5.74) is 25.0. The molecular formula is C79H44N2. The van der Waals surface area contributed by atoms with Crippen LogP contribution >= 0.6 is 0 Å². The van der Waals surface area contributed by atoms with Gasteiger partial charge in [-0.05, 0) is 141 Å². The van der Waals surface area contributed by atoms with E-state index in [1.54, 1.807) is 0 Å². The second-order valence-electron chi connectivity index (χ2n) is 22.8. The first kappa shape index (κ1) is 42.5. The van der Waals surface area contributed by atoms with Crippen molar-refractivity contribution in [3.8, 4) is 55.6 Å². The molecule has 0 saturated heterocycles. The number of hydrogen-bond donors (Lipinski definition) is 0. The minimum absolute atomic E-state index is 0.591. The fourth-order valence-electron chi connectivity index (χ4n) is 16.5. The smallest absolute Gasteiger partial charge is 0.0731 e. The number of fused-ring (bicyclic) bond motifs is 26. The fourth-order valence-corrected chi connectivity index (χ4v) is 16.5. The Labute approximate surface area is 464 Å². The Bertz CT molecular complexity index is 5560. The van der Waals surface area contributed by atoms with Crippen LogP contribution in [0.3, 0.4) is 0 Å². The first-order chi connectivity index (χ1) is 40.3. The molecule has 370 valence electrons. The van der Waals surface area contributed by atoms with Gasteiger partial charge in [-0.15, -0.1) is 0 Å². The van der Waals surface area contributed by atoms with E-state index in [9.17, 15) is 0 Å². The second-order valence-corrected chi connectivity index (χ2v) is 22.8. The molecule has 2 aliphatic carbocycles. The highest BCUT2D eigenvalue weighted by molar-refractivity contribution is 6.30. The van der Waals surface area contributed by atoms with E-state index in [2.05, 4.69) is 276 Å². The van der Waals surface area contributed by atoms with Crippen molar-refractivity contribution in [1.29, 1.82) is 0 Å². The van der Waals surface area contributed by atoms with Gasteiger partial charge in [0, 0.05) is 43.1 Å². The van der Waals surface area contributed by atoms with E-state index in [4.69, 9.17) is 0 Å². The molecule has 0 amide bonds. The number of nitrogens with zero attached hydrogens (tertiary/aromatic N) is 2. The first-order valence-corrected chi connectivity index (χ1v) is 28.4. The molecule has 0 radical (unpaired) electrons. The molecule has 0 N–H and O–H groups in total. The Hall–Kier alpha value is -10.5. The maximum atomic E-state index is 2.56. The number of benzene rings is 14. The van der Waals surface area contributed by atoms with Crippen LogP contribution < -0.4 is 0 Å². The van der Waals surface area contributed by atoms with Crippen LogP contribution in [0.25, 0.3) is 164 Å². The SMILES string of the molecule is c1ccc2c(c1)-c1ccccc1C21c2ccc3ccccc3c2-c2cccc(-c3c4cccc(-c5cccc6c5c5cccc7c8ccccc8n6c75)c4cc4c(-c5cccc6c5c5cccc7c8ccccc8n6c75)cccc34)c21. The Morgan fingerprint density at radius 2 is 0.617 bits per heavy atom. The summed E-state index contributed by atoms with van der Waals surface area (Å²) in [6.07, 6.45) is 0. The van der Waals surface area contributed by atoms with Crippen LogP contribution in [0.15, 0.2) is 267 Å². The lowest BCUT2D eigenvalue weighted by molar-refractivity contribution is 0.796. The molecule has 0 atom stereocenters. The van der Waals surface area contributed by atoms with Crippen molar-refractivity contribution in [3.05, 3.63) is 289 Å². The summed E-state index contributed by atoms with van der Waals surface area (Å²) in [6.45, 7) is 0. The van der Waals surface area contributed by atoms with E-state index in [0.29, 0.717) is 0 Å². The molecule has 81 heavy (non-hydrogen) atoms. The Balaban J connectivity index is 0.965. The zero-order valence-corrected chi connectivity index (χ0v) is 43.8. The summed E-state index contributed by atoms with van der Waals surface area (Å²) in [5, 5.41) is 17.8. The van der Waals surface area contributed by atoms with Crippen molar-refractivity contribution in [2.24, 2.45) is 0 Å². The van der Waals surface area contributed by atoms with E-state index >= 15 is 0 Å². The van der Waals surface area contributed by atoms with Crippen LogP contribution in [0.5, 0.6) is 0 Å². The van der Waals surface area contributed by atoms with Crippen molar-refractivity contribution < 1.29 is 0 Å². The molecule has 4 heterocycles. The highest BCUT2D eigenvalue weighted by Crippen LogP contribution is 2.66. The lowest BCUT2D eigenvalue weighted by atomic mass is 9.68. The largest absolute Gasteiger partial charge is 0.308 e. The molecule has 2 aliphatic rings. The monoisotopic (exact) mass is 1020 g/mol. The normalized spacial score (nSPS) is 13.5. The zero-order valence-electron chi connectivity index (χ0n) is 43.8. The molecule has 0 bridgehead atoms. The minimum Gasteiger partial charge on any atom is -0.308 e. The molecule has 20 rings (SSSR count). The maximum absolute atomic E-state index is 2.56. The van der Waals surface area contributed by atoms with Gasteiger partial charge in [0.25, 0.3) is 0 Å². The van der Waals surface area contributed by atoms with E-state index in [-0.39, 0.29) is 0 Å². The van der Waals surface area contributed by atoms with Crippen molar-refractivity contribution in [2.45, 2.75) is 5.41 Å². The molecule has 18 aromatic rings. The quantitative estimate of drug-likeness (QED) is 0.156. The van der Waals surface area contributed by atoms with Gasteiger partial charge in [-0.1, -0.05) is 237 Å². The van der Waals surface area contributed by atoms with Crippen LogP contribution in [0.4, 0.5) is 0 Å². The maximum Gasteiger partial charge on any atom is 0.0731 e. The third-order valence-corrected chi connectivity index (χ3v) is 19.4. The average molecular weight is 1020 g/mol. The predicted octanol–water partition coefficient (Wildman–Crippen LogP) is 20.8. The Morgan fingerprint density at radius 1 is 0.222 bits per heavy atom. The summed E-state index contributed by atoms with van der Waals surface area (Å²) in [6, 6.07) is 102. The van der Waals surface area contributed by atoms with E-state index in [0.717, 1.165) is 0 Å². The van der Waals surface area contributed by atoms with Gasteiger partial charge < -0.3 is 8.80 Å². The van der Waals surface area contributed by atoms with E-state index < -0.39 is 5.41 Å². The summed E-state index contributed by atoms with van der Waals surface area (Å²) >= 11 is 0. The predicted molar refractivity (Wildman–Crippen MR) is 341 cm³/mol. The number of aromatic nitrogens is 2. The van der Waals surface area contributed by atoms with Gasteiger partial charge in [-0.3, -0.25) is 0 Å². The number of rotatable bonds is 3. The molecule has 4 aromatic heterocycles. The molecular weight excluding hydrogens is 977 g/mol. The first-order valence-electron chi connectivity index (χ1n) is 28.4.